The lowest BCUT2D eigenvalue weighted by molar-refractivity contribution is 0.0795. The number of benzene rings is 1. The van der Waals surface area contributed by atoms with E-state index in [0.717, 1.165) is 25.5 Å². The predicted molar refractivity (Wildman–Crippen MR) is 71.6 cm³/mol. The van der Waals surface area contributed by atoms with Crippen LogP contribution in [0.1, 0.15) is 18.4 Å². The van der Waals surface area contributed by atoms with E-state index in [1.807, 2.05) is 30.3 Å². The first-order chi connectivity index (χ1) is 9.31. The van der Waals surface area contributed by atoms with Gasteiger partial charge in [0.05, 0.1) is 12.6 Å². The summed E-state index contributed by atoms with van der Waals surface area (Å²) in [7, 11) is 1.00. The third-order valence-corrected chi connectivity index (χ3v) is 3.03. The molecule has 5 nitrogen and oxygen atoms in total. The van der Waals surface area contributed by atoms with Crippen molar-refractivity contribution in [3.05, 3.63) is 35.9 Å². The van der Waals surface area contributed by atoms with Crippen molar-refractivity contribution < 1.29 is 19.7 Å². The van der Waals surface area contributed by atoms with Gasteiger partial charge in [0.2, 0.25) is 0 Å². The van der Waals surface area contributed by atoms with Gasteiger partial charge >= 0.3 is 6.09 Å². The number of aliphatic hydroxyl groups is 2. The van der Waals surface area contributed by atoms with E-state index in [1.54, 1.807) is 4.90 Å². The summed E-state index contributed by atoms with van der Waals surface area (Å²) in [5.41, 5.74) is 0.973. The van der Waals surface area contributed by atoms with Crippen LogP contribution in [0.15, 0.2) is 30.3 Å². The predicted octanol–water partition coefficient (Wildman–Crippen LogP) is 1.39. The number of rotatable bonds is 3. The molecule has 1 heterocycles. The van der Waals surface area contributed by atoms with Crippen molar-refractivity contribution in [1.29, 1.82) is 0 Å². The maximum atomic E-state index is 11.8. The van der Waals surface area contributed by atoms with Crippen molar-refractivity contribution in [2.45, 2.75) is 25.5 Å². The molecule has 1 aliphatic rings. The maximum absolute atomic E-state index is 11.8. The van der Waals surface area contributed by atoms with E-state index in [-0.39, 0.29) is 25.3 Å². The van der Waals surface area contributed by atoms with Crippen molar-refractivity contribution in [2.24, 2.45) is 0 Å². The van der Waals surface area contributed by atoms with Gasteiger partial charge in [0.15, 0.2) is 0 Å². The number of hydrogen-bond acceptors (Lipinski definition) is 4. The average Bonchev–Trinajstić information content (AvgIpc) is 2.96. The van der Waals surface area contributed by atoms with Gasteiger partial charge in [-0.1, -0.05) is 30.3 Å². The second-order valence-electron chi connectivity index (χ2n) is 4.21. The molecule has 0 saturated carbocycles. The number of likely N-dealkylation sites (tertiary alicyclic amines) is 1. The Balaban J connectivity index is 0.000000861. The van der Waals surface area contributed by atoms with E-state index in [0.29, 0.717) is 6.54 Å². The number of amides is 1. The lowest BCUT2D eigenvalue weighted by Crippen LogP contribution is -2.37. The minimum absolute atomic E-state index is 0.0143. The van der Waals surface area contributed by atoms with Gasteiger partial charge in [0.25, 0.3) is 0 Å². The Labute approximate surface area is 113 Å². The Morgan fingerprint density at radius 3 is 2.68 bits per heavy atom. The van der Waals surface area contributed by atoms with Crippen molar-refractivity contribution in [2.75, 3.05) is 20.3 Å². The van der Waals surface area contributed by atoms with Gasteiger partial charge in [-0.2, -0.15) is 0 Å². The number of nitrogens with zero attached hydrogens (tertiary/aromatic N) is 1. The van der Waals surface area contributed by atoms with Gasteiger partial charge in [-0.05, 0) is 18.4 Å². The van der Waals surface area contributed by atoms with Crippen LogP contribution in [-0.4, -0.2) is 47.5 Å². The molecule has 2 rings (SSSR count). The van der Waals surface area contributed by atoms with Gasteiger partial charge in [-0.25, -0.2) is 4.79 Å². The lowest BCUT2D eigenvalue weighted by Gasteiger charge is -2.22. The minimum atomic E-state index is -0.328. The van der Waals surface area contributed by atoms with Gasteiger partial charge < -0.3 is 19.8 Å². The summed E-state index contributed by atoms with van der Waals surface area (Å²) in [5, 5.41) is 16.1. The molecule has 1 aromatic carbocycles. The van der Waals surface area contributed by atoms with Crippen LogP contribution in [0.5, 0.6) is 0 Å². The first-order valence-corrected chi connectivity index (χ1v) is 6.34. The van der Waals surface area contributed by atoms with Crippen LogP contribution in [-0.2, 0) is 11.3 Å². The van der Waals surface area contributed by atoms with Crippen LogP contribution in [0.2, 0.25) is 0 Å². The highest BCUT2D eigenvalue weighted by Gasteiger charge is 2.28. The first-order valence-electron chi connectivity index (χ1n) is 6.34. The maximum Gasteiger partial charge on any atom is 0.410 e. The molecule has 1 aliphatic heterocycles. The molecule has 1 atom stereocenters. The Bertz CT molecular complexity index is 369. The van der Waals surface area contributed by atoms with Crippen molar-refractivity contribution in [3.63, 3.8) is 0 Å². The van der Waals surface area contributed by atoms with Crippen LogP contribution in [0.25, 0.3) is 0 Å². The van der Waals surface area contributed by atoms with E-state index >= 15 is 0 Å². The van der Waals surface area contributed by atoms with E-state index in [1.165, 1.54) is 0 Å². The first kappa shape index (κ1) is 15.5. The van der Waals surface area contributed by atoms with Crippen molar-refractivity contribution in [1.82, 2.24) is 4.90 Å². The molecule has 1 amide bonds. The zero-order valence-corrected chi connectivity index (χ0v) is 11.2. The van der Waals surface area contributed by atoms with E-state index in [2.05, 4.69) is 0 Å². The molecule has 1 aromatic rings. The van der Waals surface area contributed by atoms with Crippen LogP contribution >= 0.6 is 0 Å². The fourth-order valence-corrected chi connectivity index (χ4v) is 2.07. The summed E-state index contributed by atoms with van der Waals surface area (Å²) in [6, 6.07) is 9.51. The summed E-state index contributed by atoms with van der Waals surface area (Å²) >= 11 is 0. The largest absolute Gasteiger partial charge is 0.445 e. The van der Waals surface area contributed by atoms with Crippen LogP contribution in [0.3, 0.4) is 0 Å². The molecular formula is C14H21NO4. The Morgan fingerprint density at radius 1 is 1.37 bits per heavy atom. The molecule has 0 bridgehead atoms. The van der Waals surface area contributed by atoms with E-state index in [9.17, 15) is 4.79 Å². The molecule has 1 fully saturated rings. The number of ether oxygens (including phenoxy) is 1. The molecule has 2 N–H and O–H groups in total. The highest BCUT2D eigenvalue weighted by Crippen LogP contribution is 2.18. The molecule has 0 radical (unpaired) electrons. The second kappa shape index (κ2) is 8.50. The minimum Gasteiger partial charge on any atom is -0.445 e. The summed E-state index contributed by atoms with van der Waals surface area (Å²) < 4.78 is 5.22. The van der Waals surface area contributed by atoms with Crippen LogP contribution < -0.4 is 0 Å². The molecule has 106 valence electrons. The van der Waals surface area contributed by atoms with Gasteiger partial charge in [-0.3, -0.25) is 0 Å². The van der Waals surface area contributed by atoms with Crippen molar-refractivity contribution >= 4 is 6.09 Å². The normalized spacial score (nSPS) is 17.6. The smallest absolute Gasteiger partial charge is 0.410 e. The molecule has 0 aliphatic carbocycles. The quantitative estimate of drug-likeness (QED) is 0.868. The van der Waals surface area contributed by atoms with Crippen molar-refractivity contribution in [3.8, 4) is 0 Å². The number of carbonyl (C=O) groups is 1. The van der Waals surface area contributed by atoms with Gasteiger partial charge in [0.1, 0.15) is 6.61 Å². The highest BCUT2D eigenvalue weighted by molar-refractivity contribution is 5.68. The summed E-state index contributed by atoms with van der Waals surface area (Å²) in [6.45, 7) is 0.980. The standard InChI is InChI=1S/C13H17NO3.CH4O/c15-9-12-7-4-8-14(12)13(16)17-10-11-5-2-1-3-6-11;1-2/h1-3,5-6,12,15H,4,7-10H2;2H,1H3/t12-;/m0./s1. The third-order valence-electron chi connectivity index (χ3n) is 3.03. The number of hydrogen-bond donors (Lipinski definition) is 2. The Hall–Kier alpha value is -1.59. The van der Waals surface area contributed by atoms with E-state index in [4.69, 9.17) is 14.9 Å². The van der Waals surface area contributed by atoms with E-state index < -0.39 is 0 Å². The number of carbonyl (C=O) groups excluding carboxylic acids is 1. The lowest BCUT2D eigenvalue weighted by atomic mass is 10.2. The molecule has 0 aromatic heterocycles. The van der Waals surface area contributed by atoms with Gasteiger partial charge in [0, 0.05) is 13.7 Å². The molecular weight excluding hydrogens is 246 g/mol. The average molecular weight is 267 g/mol. The Morgan fingerprint density at radius 2 is 2.05 bits per heavy atom. The fraction of sp³-hybridized carbons (Fsp3) is 0.500. The molecule has 0 unspecified atom stereocenters. The number of aliphatic hydroxyl groups excluding tert-OH is 2. The Kier molecular flexibility index (Phi) is 6.92. The second-order valence-corrected chi connectivity index (χ2v) is 4.21. The summed E-state index contributed by atoms with van der Waals surface area (Å²) in [6.07, 6.45) is 1.47. The summed E-state index contributed by atoms with van der Waals surface area (Å²) in [4.78, 5) is 13.4. The summed E-state index contributed by atoms with van der Waals surface area (Å²) in [5.74, 6) is 0. The zero-order valence-electron chi connectivity index (χ0n) is 11.2. The zero-order chi connectivity index (χ0) is 14.1. The van der Waals surface area contributed by atoms with Gasteiger partial charge in [-0.15, -0.1) is 0 Å². The van der Waals surface area contributed by atoms with Crippen LogP contribution in [0, 0.1) is 0 Å². The monoisotopic (exact) mass is 267 g/mol. The molecule has 0 spiro atoms. The SMILES string of the molecule is CO.O=C(OCc1ccccc1)N1CCC[C@H]1CO. The van der Waals surface area contributed by atoms with Crippen LogP contribution in [0.4, 0.5) is 4.79 Å². The molecule has 19 heavy (non-hydrogen) atoms. The fourth-order valence-electron chi connectivity index (χ4n) is 2.07. The molecule has 1 saturated heterocycles. The topological polar surface area (TPSA) is 70.0 Å². The highest BCUT2D eigenvalue weighted by atomic mass is 16.6. The molecule has 5 heteroatoms. The third kappa shape index (κ3) is 4.54.